The van der Waals surface area contributed by atoms with Crippen LogP contribution in [0, 0.1) is 5.92 Å². The van der Waals surface area contributed by atoms with Crippen LogP contribution in [0.3, 0.4) is 0 Å². The van der Waals surface area contributed by atoms with Crippen molar-refractivity contribution in [3.8, 4) is 5.75 Å². The number of hydrogen-bond donors (Lipinski definition) is 2. The standard InChI is InChI=1S/C20H32BrN3O3/c1-3-22-20(23-10-6-11-25-14-17-9-12-26-15-17)24-13-16(2)27-19-8-5-4-7-18(19)21/h4-5,7-8,16-17H,3,6,9-15H2,1-2H3,(H2,22,23,24). The lowest BCUT2D eigenvalue weighted by molar-refractivity contribution is 0.0888. The molecule has 1 aliphatic heterocycles. The average Bonchev–Trinajstić information content (AvgIpc) is 3.18. The van der Waals surface area contributed by atoms with Crippen LogP contribution in [-0.2, 0) is 9.47 Å². The molecule has 0 radical (unpaired) electrons. The molecule has 27 heavy (non-hydrogen) atoms. The number of ether oxygens (including phenoxy) is 3. The first-order valence-electron chi connectivity index (χ1n) is 9.78. The minimum atomic E-state index is -0.0175. The van der Waals surface area contributed by atoms with Crippen molar-refractivity contribution in [2.75, 3.05) is 46.1 Å². The topological polar surface area (TPSA) is 64.1 Å². The molecule has 0 spiro atoms. The van der Waals surface area contributed by atoms with Gasteiger partial charge in [-0.15, -0.1) is 0 Å². The normalized spacial score (nSPS) is 18.3. The summed E-state index contributed by atoms with van der Waals surface area (Å²) in [5, 5.41) is 6.61. The average molecular weight is 442 g/mol. The van der Waals surface area contributed by atoms with E-state index in [-0.39, 0.29) is 6.10 Å². The minimum absolute atomic E-state index is 0.0175. The fourth-order valence-electron chi connectivity index (χ4n) is 2.70. The van der Waals surface area contributed by atoms with E-state index in [1.165, 1.54) is 0 Å². The zero-order chi connectivity index (χ0) is 19.3. The Balaban J connectivity index is 1.64. The molecule has 2 rings (SSSR count). The first kappa shape index (κ1) is 22.0. The van der Waals surface area contributed by atoms with E-state index in [0.717, 1.165) is 68.5 Å². The second kappa shape index (κ2) is 13.0. The summed E-state index contributed by atoms with van der Waals surface area (Å²) in [7, 11) is 0. The molecule has 0 aromatic heterocycles. The molecule has 1 heterocycles. The molecule has 0 aliphatic carbocycles. The van der Waals surface area contributed by atoms with Gasteiger partial charge in [0.2, 0.25) is 0 Å². The number of halogens is 1. The second-order valence-corrected chi connectivity index (χ2v) is 7.52. The predicted octanol–water partition coefficient (Wildman–Crippen LogP) is 3.21. The lowest BCUT2D eigenvalue weighted by Gasteiger charge is -2.16. The van der Waals surface area contributed by atoms with Crippen LogP contribution in [0.15, 0.2) is 33.7 Å². The van der Waals surface area contributed by atoms with Crippen molar-refractivity contribution in [1.82, 2.24) is 10.6 Å². The first-order chi connectivity index (χ1) is 13.2. The summed E-state index contributed by atoms with van der Waals surface area (Å²) in [6, 6.07) is 7.85. The number of hydrogen-bond acceptors (Lipinski definition) is 4. The van der Waals surface area contributed by atoms with Crippen LogP contribution in [0.25, 0.3) is 0 Å². The molecule has 0 amide bonds. The van der Waals surface area contributed by atoms with Gasteiger partial charge in [-0.2, -0.15) is 0 Å². The van der Waals surface area contributed by atoms with Crippen molar-refractivity contribution < 1.29 is 14.2 Å². The van der Waals surface area contributed by atoms with Gasteiger partial charge < -0.3 is 24.8 Å². The first-order valence-corrected chi connectivity index (χ1v) is 10.6. The number of guanidine groups is 1. The summed E-state index contributed by atoms with van der Waals surface area (Å²) in [6.07, 6.45) is 2.05. The van der Waals surface area contributed by atoms with Crippen LogP contribution in [0.1, 0.15) is 26.7 Å². The van der Waals surface area contributed by atoms with Gasteiger partial charge >= 0.3 is 0 Å². The van der Waals surface area contributed by atoms with Crippen molar-refractivity contribution in [1.29, 1.82) is 0 Å². The van der Waals surface area contributed by atoms with Crippen LogP contribution in [0.2, 0.25) is 0 Å². The van der Waals surface area contributed by atoms with Crippen LogP contribution in [0.5, 0.6) is 5.75 Å². The van der Waals surface area contributed by atoms with Gasteiger partial charge in [0.25, 0.3) is 0 Å². The molecule has 1 aromatic carbocycles. The van der Waals surface area contributed by atoms with E-state index in [4.69, 9.17) is 14.2 Å². The van der Waals surface area contributed by atoms with Crippen molar-refractivity contribution in [3.63, 3.8) is 0 Å². The van der Waals surface area contributed by atoms with Gasteiger partial charge in [0.1, 0.15) is 11.9 Å². The molecule has 1 fully saturated rings. The zero-order valence-corrected chi connectivity index (χ0v) is 18.0. The van der Waals surface area contributed by atoms with Crippen molar-refractivity contribution in [2.45, 2.75) is 32.8 Å². The van der Waals surface area contributed by atoms with E-state index in [9.17, 15) is 0 Å². The summed E-state index contributed by atoms with van der Waals surface area (Å²) in [5.41, 5.74) is 0. The Labute approximate surface area is 171 Å². The van der Waals surface area contributed by atoms with Crippen LogP contribution in [-0.4, -0.2) is 58.1 Å². The number of benzene rings is 1. The number of nitrogens with one attached hydrogen (secondary N) is 2. The lowest BCUT2D eigenvalue weighted by atomic mass is 10.1. The molecule has 2 N–H and O–H groups in total. The smallest absolute Gasteiger partial charge is 0.191 e. The van der Waals surface area contributed by atoms with Gasteiger partial charge in [0.15, 0.2) is 5.96 Å². The molecular weight excluding hydrogens is 410 g/mol. The number of rotatable bonds is 11. The maximum atomic E-state index is 5.94. The Morgan fingerprint density at radius 1 is 1.37 bits per heavy atom. The summed E-state index contributed by atoms with van der Waals surface area (Å²) < 4.78 is 18.0. The van der Waals surface area contributed by atoms with Gasteiger partial charge in [-0.25, -0.2) is 4.99 Å². The predicted molar refractivity (Wildman–Crippen MR) is 113 cm³/mol. The van der Waals surface area contributed by atoms with E-state index in [1.54, 1.807) is 0 Å². The number of para-hydroxylation sites is 1. The molecule has 1 aromatic rings. The van der Waals surface area contributed by atoms with E-state index in [1.807, 2.05) is 31.2 Å². The Bertz CT molecular complexity index is 565. The Morgan fingerprint density at radius 2 is 2.22 bits per heavy atom. The molecule has 2 unspecified atom stereocenters. The Hall–Kier alpha value is -1.31. The van der Waals surface area contributed by atoms with Gasteiger partial charge in [0.05, 0.1) is 24.2 Å². The molecule has 6 nitrogen and oxygen atoms in total. The fraction of sp³-hybridized carbons (Fsp3) is 0.650. The maximum absolute atomic E-state index is 5.94. The quantitative estimate of drug-likeness (QED) is 0.313. The van der Waals surface area contributed by atoms with Gasteiger partial charge in [-0.05, 0) is 54.8 Å². The van der Waals surface area contributed by atoms with E-state index >= 15 is 0 Å². The molecule has 152 valence electrons. The largest absolute Gasteiger partial charge is 0.488 e. The molecule has 0 saturated carbocycles. The summed E-state index contributed by atoms with van der Waals surface area (Å²) >= 11 is 3.50. The van der Waals surface area contributed by atoms with Gasteiger partial charge in [-0.3, -0.25) is 0 Å². The number of aliphatic imine (C=N–C) groups is 1. The summed E-state index contributed by atoms with van der Waals surface area (Å²) in [5.74, 6) is 2.22. The Kier molecular flexibility index (Phi) is 10.6. The molecular formula is C20H32BrN3O3. The van der Waals surface area contributed by atoms with Gasteiger partial charge in [0, 0.05) is 32.2 Å². The third kappa shape index (κ3) is 8.95. The molecule has 1 saturated heterocycles. The van der Waals surface area contributed by atoms with Crippen LogP contribution >= 0.6 is 15.9 Å². The molecule has 1 aliphatic rings. The summed E-state index contributed by atoms with van der Waals surface area (Å²) in [4.78, 5) is 4.62. The third-order valence-corrected chi connectivity index (χ3v) is 4.81. The zero-order valence-electron chi connectivity index (χ0n) is 16.4. The highest BCUT2D eigenvalue weighted by Gasteiger charge is 2.15. The highest BCUT2D eigenvalue weighted by atomic mass is 79.9. The lowest BCUT2D eigenvalue weighted by Crippen LogP contribution is -2.38. The molecule has 0 bridgehead atoms. The Morgan fingerprint density at radius 3 is 2.96 bits per heavy atom. The van der Waals surface area contributed by atoms with Crippen LogP contribution < -0.4 is 15.4 Å². The summed E-state index contributed by atoms with van der Waals surface area (Å²) in [6.45, 7) is 9.59. The highest BCUT2D eigenvalue weighted by molar-refractivity contribution is 9.10. The SMILES string of the molecule is CCNC(=NCC(C)Oc1ccccc1Br)NCCCOCC1CCOC1. The van der Waals surface area contributed by atoms with Crippen molar-refractivity contribution in [2.24, 2.45) is 10.9 Å². The van der Waals surface area contributed by atoms with Gasteiger partial charge in [-0.1, -0.05) is 12.1 Å². The fourth-order valence-corrected chi connectivity index (χ4v) is 3.08. The van der Waals surface area contributed by atoms with Crippen molar-refractivity contribution >= 4 is 21.9 Å². The monoisotopic (exact) mass is 441 g/mol. The van der Waals surface area contributed by atoms with E-state index in [2.05, 4.69) is 38.5 Å². The second-order valence-electron chi connectivity index (χ2n) is 6.66. The van der Waals surface area contributed by atoms with Crippen molar-refractivity contribution in [3.05, 3.63) is 28.7 Å². The highest BCUT2D eigenvalue weighted by Crippen LogP contribution is 2.24. The maximum Gasteiger partial charge on any atom is 0.191 e. The van der Waals surface area contributed by atoms with E-state index < -0.39 is 0 Å². The number of nitrogens with zero attached hydrogens (tertiary/aromatic N) is 1. The minimum Gasteiger partial charge on any atom is -0.488 e. The molecule has 2 atom stereocenters. The third-order valence-electron chi connectivity index (χ3n) is 4.15. The molecule has 7 heteroatoms. The van der Waals surface area contributed by atoms with Crippen LogP contribution in [0.4, 0.5) is 0 Å². The van der Waals surface area contributed by atoms with E-state index in [0.29, 0.717) is 12.5 Å².